The molecule has 1 aliphatic rings. The summed E-state index contributed by atoms with van der Waals surface area (Å²) in [6, 6.07) is 8.72. The van der Waals surface area contributed by atoms with E-state index in [9.17, 15) is 9.59 Å². The van der Waals surface area contributed by atoms with E-state index in [2.05, 4.69) is 0 Å². The van der Waals surface area contributed by atoms with Crippen LogP contribution in [0, 0.1) is 5.92 Å². The van der Waals surface area contributed by atoms with Gasteiger partial charge in [-0.15, -0.1) is 0 Å². The third-order valence-electron chi connectivity index (χ3n) is 3.62. The molecule has 2 unspecified atom stereocenters. The lowest BCUT2D eigenvalue weighted by atomic mass is 9.99. The van der Waals surface area contributed by atoms with Crippen molar-refractivity contribution in [1.29, 1.82) is 0 Å². The number of hydrogen-bond acceptors (Lipinski definition) is 5. The maximum Gasteiger partial charge on any atom is 0.338 e. The summed E-state index contributed by atoms with van der Waals surface area (Å²) in [4.78, 5) is 23.3. The number of carbonyl (C=O) groups excluding carboxylic acids is 2. The number of rotatable bonds is 4. The first-order valence-electron chi connectivity index (χ1n) is 7.11. The zero-order chi connectivity index (χ0) is 15.4. The fourth-order valence-corrected chi connectivity index (χ4v) is 2.49. The molecule has 0 saturated carbocycles. The van der Waals surface area contributed by atoms with Crippen molar-refractivity contribution in [2.45, 2.75) is 45.7 Å². The summed E-state index contributed by atoms with van der Waals surface area (Å²) in [5, 5.41) is 0. The Labute approximate surface area is 124 Å². The first-order chi connectivity index (χ1) is 10.0. The van der Waals surface area contributed by atoms with Gasteiger partial charge in [-0.25, -0.2) is 4.79 Å². The van der Waals surface area contributed by atoms with E-state index in [0.29, 0.717) is 5.56 Å². The Hall–Kier alpha value is -1.88. The average Bonchev–Trinajstić information content (AvgIpc) is 2.76. The molecule has 0 N–H and O–H groups in total. The Kier molecular flexibility index (Phi) is 4.96. The summed E-state index contributed by atoms with van der Waals surface area (Å²) in [6.45, 7) is 5.22. The fourth-order valence-electron chi connectivity index (χ4n) is 2.49. The predicted octanol–water partition coefficient (Wildman–Crippen LogP) is 2.55. The van der Waals surface area contributed by atoms with Crippen LogP contribution in [0.4, 0.5) is 0 Å². The van der Waals surface area contributed by atoms with Crippen LogP contribution in [0.5, 0.6) is 0 Å². The Morgan fingerprint density at radius 3 is 2.43 bits per heavy atom. The van der Waals surface area contributed by atoms with Crippen molar-refractivity contribution < 1.29 is 23.8 Å². The molecule has 2 rings (SSSR count). The highest BCUT2D eigenvalue weighted by Crippen LogP contribution is 2.32. The molecule has 4 atom stereocenters. The Balaban J connectivity index is 2.11. The van der Waals surface area contributed by atoms with Gasteiger partial charge in [0, 0.05) is 12.8 Å². The van der Waals surface area contributed by atoms with Gasteiger partial charge in [-0.05, 0) is 18.6 Å². The Bertz CT molecular complexity index is 499. The van der Waals surface area contributed by atoms with Crippen molar-refractivity contribution >= 4 is 11.9 Å². The molecule has 114 valence electrons. The summed E-state index contributed by atoms with van der Waals surface area (Å²) < 4.78 is 16.3. The molecule has 21 heavy (non-hydrogen) atoms. The van der Waals surface area contributed by atoms with Gasteiger partial charge >= 0.3 is 11.9 Å². The molecule has 5 heteroatoms. The first kappa shape index (κ1) is 15.5. The molecule has 5 nitrogen and oxygen atoms in total. The monoisotopic (exact) mass is 292 g/mol. The molecule has 0 bridgehead atoms. The molecule has 1 aromatic rings. The van der Waals surface area contributed by atoms with E-state index in [0.717, 1.165) is 6.42 Å². The van der Waals surface area contributed by atoms with Crippen molar-refractivity contribution in [3.8, 4) is 0 Å². The van der Waals surface area contributed by atoms with Gasteiger partial charge < -0.3 is 14.2 Å². The van der Waals surface area contributed by atoms with Gasteiger partial charge in [0.2, 0.25) is 6.29 Å². The molecule has 1 fully saturated rings. The molecule has 0 amide bonds. The van der Waals surface area contributed by atoms with Gasteiger partial charge in [-0.2, -0.15) is 0 Å². The van der Waals surface area contributed by atoms with Gasteiger partial charge in [-0.3, -0.25) is 4.79 Å². The second-order valence-corrected chi connectivity index (χ2v) is 5.16. The molecule has 0 spiro atoms. The van der Waals surface area contributed by atoms with E-state index in [-0.39, 0.29) is 12.0 Å². The SMILES string of the molecule is CC[C@H]1OC(OC(C)=O)C(OC(=O)c2ccccc2)[C@H]1C. The largest absolute Gasteiger partial charge is 0.452 e. The molecule has 1 aliphatic heterocycles. The van der Waals surface area contributed by atoms with Crippen molar-refractivity contribution in [3.05, 3.63) is 35.9 Å². The smallest absolute Gasteiger partial charge is 0.338 e. The van der Waals surface area contributed by atoms with Crippen LogP contribution in [0.3, 0.4) is 0 Å². The Morgan fingerprint density at radius 1 is 1.19 bits per heavy atom. The van der Waals surface area contributed by atoms with E-state index in [1.165, 1.54) is 6.92 Å². The highest BCUT2D eigenvalue weighted by Gasteiger charge is 2.45. The number of ether oxygens (including phenoxy) is 3. The minimum Gasteiger partial charge on any atom is -0.452 e. The van der Waals surface area contributed by atoms with E-state index in [4.69, 9.17) is 14.2 Å². The van der Waals surface area contributed by atoms with Gasteiger partial charge in [-0.1, -0.05) is 32.0 Å². The number of esters is 2. The van der Waals surface area contributed by atoms with E-state index < -0.39 is 24.3 Å². The topological polar surface area (TPSA) is 61.8 Å². The molecule has 0 radical (unpaired) electrons. The minimum atomic E-state index is -0.838. The van der Waals surface area contributed by atoms with E-state index >= 15 is 0 Å². The van der Waals surface area contributed by atoms with Gasteiger partial charge in [0.25, 0.3) is 0 Å². The van der Waals surface area contributed by atoms with Crippen LogP contribution in [0.1, 0.15) is 37.6 Å². The number of carbonyl (C=O) groups is 2. The second kappa shape index (κ2) is 6.72. The van der Waals surface area contributed by atoms with E-state index in [1.54, 1.807) is 24.3 Å². The average molecular weight is 292 g/mol. The van der Waals surface area contributed by atoms with Crippen molar-refractivity contribution in [2.75, 3.05) is 0 Å². The highest BCUT2D eigenvalue weighted by atomic mass is 16.7. The zero-order valence-electron chi connectivity index (χ0n) is 12.4. The maximum atomic E-state index is 12.2. The van der Waals surface area contributed by atoms with Crippen LogP contribution in [0.25, 0.3) is 0 Å². The van der Waals surface area contributed by atoms with Crippen LogP contribution in [-0.2, 0) is 19.0 Å². The third kappa shape index (κ3) is 3.61. The normalized spacial score (nSPS) is 28.1. The predicted molar refractivity (Wildman–Crippen MR) is 75.5 cm³/mol. The fraction of sp³-hybridized carbons (Fsp3) is 0.500. The second-order valence-electron chi connectivity index (χ2n) is 5.16. The van der Waals surface area contributed by atoms with Gasteiger partial charge in [0.15, 0.2) is 6.10 Å². The zero-order valence-corrected chi connectivity index (χ0v) is 12.4. The summed E-state index contributed by atoms with van der Waals surface area (Å²) >= 11 is 0. The molecule has 0 aliphatic carbocycles. The van der Waals surface area contributed by atoms with Crippen LogP contribution >= 0.6 is 0 Å². The van der Waals surface area contributed by atoms with E-state index in [1.807, 2.05) is 19.9 Å². The summed E-state index contributed by atoms with van der Waals surface area (Å²) in [6.07, 6.45) is -0.761. The van der Waals surface area contributed by atoms with Crippen molar-refractivity contribution in [3.63, 3.8) is 0 Å². The van der Waals surface area contributed by atoms with Crippen LogP contribution in [0.15, 0.2) is 30.3 Å². The quantitative estimate of drug-likeness (QED) is 0.798. The van der Waals surface area contributed by atoms with Gasteiger partial charge in [0.1, 0.15) is 0 Å². The summed E-state index contributed by atoms with van der Waals surface area (Å²) in [7, 11) is 0. The standard InChI is InChI=1S/C16H20O5/c1-4-13-10(2)14(16(20-13)19-11(3)17)21-15(18)12-8-6-5-7-9-12/h5-10,13-14,16H,4H2,1-3H3/t10-,13+,14?,16?/m0/s1. The Morgan fingerprint density at radius 2 is 1.86 bits per heavy atom. The van der Waals surface area contributed by atoms with Gasteiger partial charge in [0.05, 0.1) is 11.7 Å². The lowest BCUT2D eigenvalue weighted by Gasteiger charge is -2.21. The molecular weight excluding hydrogens is 272 g/mol. The first-order valence-corrected chi connectivity index (χ1v) is 7.11. The van der Waals surface area contributed by atoms with Crippen LogP contribution in [0.2, 0.25) is 0 Å². The molecule has 0 aromatic heterocycles. The molecular formula is C16H20O5. The molecule has 1 aromatic carbocycles. The summed E-state index contributed by atoms with van der Waals surface area (Å²) in [5.41, 5.74) is 0.464. The number of benzene rings is 1. The van der Waals surface area contributed by atoms with Crippen molar-refractivity contribution in [1.82, 2.24) is 0 Å². The third-order valence-corrected chi connectivity index (χ3v) is 3.62. The maximum absolute atomic E-state index is 12.2. The lowest BCUT2D eigenvalue weighted by Crippen LogP contribution is -2.34. The number of hydrogen-bond donors (Lipinski definition) is 0. The minimum absolute atomic E-state index is 0.0352. The van der Waals surface area contributed by atoms with Crippen LogP contribution in [-0.4, -0.2) is 30.4 Å². The lowest BCUT2D eigenvalue weighted by molar-refractivity contribution is -0.186. The molecule has 1 heterocycles. The van der Waals surface area contributed by atoms with Crippen molar-refractivity contribution in [2.24, 2.45) is 5.92 Å². The van der Waals surface area contributed by atoms with Crippen LogP contribution < -0.4 is 0 Å². The summed E-state index contributed by atoms with van der Waals surface area (Å²) in [5.74, 6) is -0.929. The molecule has 1 saturated heterocycles. The highest BCUT2D eigenvalue weighted by molar-refractivity contribution is 5.89.